The molecule has 20 heavy (non-hydrogen) atoms. The number of benzene rings is 2. The first-order valence-electron chi connectivity index (χ1n) is 6.40. The van der Waals surface area contributed by atoms with Crippen LogP contribution in [0.2, 0.25) is 0 Å². The van der Waals surface area contributed by atoms with Crippen LogP contribution in [0.15, 0.2) is 34.8 Å². The summed E-state index contributed by atoms with van der Waals surface area (Å²) in [6.45, 7) is 5.95. The van der Waals surface area contributed by atoms with Crippen molar-refractivity contribution in [2.75, 3.05) is 7.11 Å². The lowest BCUT2D eigenvalue weighted by molar-refractivity contribution is 0.103. The van der Waals surface area contributed by atoms with E-state index in [4.69, 9.17) is 4.74 Å². The Labute approximate surface area is 127 Å². The van der Waals surface area contributed by atoms with Gasteiger partial charge < -0.3 is 4.74 Å². The average Bonchev–Trinajstić information content (AvgIpc) is 2.43. The van der Waals surface area contributed by atoms with Crippen molar-refractivity contribution in [1.82, 2.24) is 0 Å². The van der Waals surface area contributed by atoms with Crippen molar-refractivity contribution in [1.29, 1.82) is 0 Å². The van der Waals surface area contributed by atoms with Crippen LogP contribution in [-0.4, -0.2) is 12.9 Å². The van der Waals surface area contributed by atoms with Crippen LogP contribution in [0.1, 0.15) is 32.6 Å². The molecule has 104 valence electrons. The van der Waals surface area contributed by atoms with Crippen molar-refractivity contribution in [2.45, 2.75) is 20.8 Å². The van der Waals surface area contributed by atoms with Gasteiger partial charge in [-0.3, -0.25) is 4.79 Å². The minimum Gasteiger partial charge on any atom is -0.496 e. The fraction of sp³-hybridized carbons (Fsp3) is 0.235. The number of halogens is 1. The Hall–Kier alpha value is -1.61. The zero-order chi connectivity index (χ0) is 14.9. The van der Waals surface area contributed by atoms with Crippen LogP contribution in [0.25, 0.3) is 0 Å². The lowest BCUT2D eigenvalue weighted by Gasteiger charge is -2.13. The third kappa shape index (κ3) is 2.63. The molecule has 2 aromatic carbocycles. The lowest BCUT2D eigenvalue weighted by Crippen LogP contribution is -2.07. The third-order valence-electron chi connectivity index (χ3n) is 3.49. The molecule has 0 saturated heterocycles. The number of ether oxygens (including phenoxy) is 1. The van der Waals surface area contributed by atoms with E-state index in [0.717, 1.165) is 21.2 Å². The van der Waals surface area contributed by atoms with Gasteiger partial charge in [0.1, 0.15) is 5.75 Å². The molecule has 0 unspecified atom stereocenters. The molecule has 2 nitrogen and oxygen atoms in total. The predicted octanol–water partition coefficient (Wildman–Crippen LogP) is 4.61. The molecule has 0 amide bonds. The van der Waals surface area contributed by atoms with Crippen LogP contribution in [-0.2, 0) is 0 Å². The molecule has 0 bridgehead atoms. The topological polar surface area (TPSA) is 26.3 Å². The van der Waals surface area contributed by atoms with Crippen molar-refractivity contribution in [3.05, 3.63) is 62.6 Å². The van der Waals surface area contributed by atoms with E-state index in [1.165, 1.54) is 0 Å². The summed E-state index contributed by atoms with van der Waals surface area (Å²) in [6.07, 6.45) is 0. The molecule has 0 spiro atoms. The first-order chi connectivity index (χ1) is 9.45. The highest BCUT2D eigenvalue weighted by molar-refractivity contribution is 9.10. The van der Waals surface area contributed by atoms with E-state index in [9.17, 15) is 4.79 Å². The second-order valence-electron chi connectivity index (χ2n) is 4.90. The Bertz CT molecular complexity index is 675. The largest absolute Gasteiger partial charge is 0.496 e. The van der Waals surface area contributed by atoms with E-state index in [0.29, 0.717) is 16.9 Å². The zero-order valence-corrected chi connectivity index (χ0v) is 13.7. The van der Waals surface area contributed by atoms with Gasteiger partial charge in [0.25, 0.3) is 0 Å². The van der Waals surface area contributed by atoms with Crippen LogP contribution < -0.4 is 4.74 Å². The Balaban J connectivity index is 2.59. The van der Waals surface area contributed by atoms with E-state index in [1.807, 2.05) is 51.1 Å². The second kappa shape index (κ2) is 5.80. The quantitative estimate of drug-likeness (QED) is 0.767. The van der Waals surface area contributed by atoms with Gasteiger partial charge in [-0.15, -0.1) is 0 Å². The zero-order valence-electron chi connectivity index (χ0n) is 12.1. The number of hydrogen-bond donors (Lipinski definition) is 0. The summed E-state index contributed by atoms with van der Waals surface area (Å²) in [6, 6.07) is 9.54. The first kappa shape index (κ1) is 14.8. The van der Waals surface area contributed by atoms with E-state index < -0.39 is 0 Å². The van der Waals surface area contributed by atoms with E-state index >= 15 is 0 Å². The van der Waals surface area contributed by atoms with Gasteiger partial charge in [0, 0.05) is 10.0 Å². The average molecular weight is 333 g/mol. The van der Waals surface area contributed by atoms with Crippen LogP contribution in [0, 0.1) is 20.8 Å². The highest BCUT2D eigenvalue weighted by atomic mass is 79.9. The lowest BCUT2D eigenvalue weighted by atomic mass is 9.97. The summed E-state index contributed by atoms with van der Waals surface area (Å²) in [5.74, 6) is 0.629. The maximum Gasteiger partial charge on any atom is 0.197 e. The number of rotatable bonds is 3. The van der Waals surface area contributed by atoms with E-state index in [-0.39, 0.29) is 5.78 Å². The summed E-state index contributed by atoms with van der Waals surface area (Å²) in [5.41, 5.74) is 4.43. The summed E-state index contributed by atoms with van der Waals surface area (Å²) < 4.78 is 6.23. The van der Waals surface area contributed by atoms with Gasteiger partial charge in [-0.1, -0.05) is 33.6 Å². The van der Waals surface area contributed by atoms with Crippen LogP contribution in [0.3, 0.4) is 0 Å². The Kier molecular flexibility index (Phi) is 4.29. The minimum absolute atomic E-state index is 0.0273. The van der Waals surface area contributed by atoms with Gasteiger partial charge in [-0.25, -0.2) is 0 Å². The first-order valence-corrected chi connectivity index (χ1v) is 7.20. The summed E-state index contributed by atoms with van der Waals surface area (Å²) >= 11 is 3.45. The molecule has 0 radical (unpaired) electrons. The molecule has 0 fully saturated rings. The molecular weight excluding hydrogens is 316 g/mol. The number of aryl methyl sites for hydroxylation is 2. The monoisotopic (exact) mass is 332 g/mol. The summed E-state index contributed by atoms with van der Waals surface area (Å²) in [4.78, 5) is 12.8. The second-order valence-corrected chi connectivity index (χ2v) is 5.76. The Morgan fingerprint density at radius 1 is 1.05 bits per heavy atom. The highest BCUT2D eigenvalue weighted by Gasteiger charge is 2.19. The SMILES string of the molecule is COc1c(C(=O)c2cc(C)ccc2Br)ccc(C)c1C. The van der Waals surface area contributed by atoms with Gasteiger partial charge in [0.2, 0.25) is 0 Å². The smallest absolute Gasteiger partial charge is 0.197 e. The van der Waals surface area contributed by atoms with Gasteiger partial charge in [-0.05, 0) is 50.1 Å². The molecule has 0 aliphatic rings. The standard InChI is InChI=1S/C17H17BrO2/c1-10-5-8-15(18)14(9-10)16(19)13-7-6-11(2)12(3)17(13)20-4/h5-9H,1-4H3. The third-order valence-corrected chi connectivity index (χ3v) is 4.18. The molecule has 3 heteroatoms. The molecule has 0 aliphatic carbocycles. The molecule has 2 aromatic rings. The molecule has 0 heterocycles. The number of carbonyl (C=O) groups excluding carboxylic acids is 1. The van der Waals surface area contributed by atoms with E-state index in [1.54, 1.807) is 7.11 Å². The van der Waals surface area contributed by atoms with Crippen LogP contribution in [0.5, 0.6) is 5.75 Å². The molecule has 0 aromatic heterocycles. The number of carbonyl (C=O) groups is 1. The number of hydrogen-bond acceptors (Lipinski definition) is 2. The van der Waals surface area contributed by atoms with Crippen LogP contribution >= 0.6 is 15.9 Å². The minimum atomic E-state index is -0.0273. The van der Waals surface area contributed by atoms with Crippen molar-refractivity contribution in [3.63, 3.8) is 0 Å². The fourth-order valence-electron chi connectivity index (χ4n) is 2.19. The molecule has 0 saturated carbocycles. The molecule has 0 aliphatic heterocycles. The maximum absolute atomic E-state index is 12.8. The molecule has 0 N–H and O–H groups in total. The normalized spacial score (nSPS) is 10.4. The van der Waals surface area contributed by atoms with Gasteiger partial charge in [-0.2, -0.15) is 0 Å². The summed E-state index contributed by atoms with van der Waals surface area (Å²) in [5, 5.41) is 0. The van der Waals surface area contributed by atoms with Crippen LogP contribution in [0.4, 0.5) is 0 Å². The summed E-state index contributed by atoms with van der Waals surface area (Å²) in [7, 11) is 1.60. The highest BCUT2D eigenvalue weighted by Crippen LogP contribution is 2.30. The van der Waals surface area contributed by atoms with Crippen molar-refractivity contribution < 1.29 is 9.53 Å². The maximum atomic E-state index is 12.8. The predicted molar refractivity (Wildman–Crippen MR) is 84.8 cm³/mol. The molecule has 2 rings (SSSR count). The fourth-order valence-corrected chi connectivity index (χ4v) is 2.62. The number of methoxy groups -OCH3 is 1. The van der Waals surface area contributed by atoms with E-state index in [2.05, 4.69) is 15.9 Å². The van der Waals surface area contributed by atoms with Gasteiger partial charge in [0.05, 0.1) is 12.7 Å². The van der Waals surface area contributed by atoms with Crippen molar-refractivity contribution >= 4 is 21.7 Å². The van der Waals surface area contributed by atoms with Crippen molar-refractivity contribution in [2.24, 2.45) is 0 Å². The Morgan fingerprint density at radius 2 is 1.75 bits per heavy atom. The number of ketones is 1. The Morgan fingerprint density at radius 3 is 2.40 bits per heavy atom. The van der Waals surface area contributed by atoms with Crippen molar-refractivity contribution in [3.8, 4) is 5.75 Å². The van der Waals surface area contributed by atoms with Gasteiger partial charge >= 0.3 is 0 Å². The van der Waals surface area contributed by atoms with Gasteiger partial charge in [0.15, 0.2) is 5.78 Å². The molecule has 0 atom stereocenters. The molecular formula is C17H17BrO2.